The minimum absolute atomic E-state index is 0.350. The third-order valence-corrected chi connectivity index (χ3v) is 5.63. The summed E-state index contributed by atoms with van der Waals surface area (Å²) in [5.41, 5.74) is 3.16. The van der Waals surface area contributed by atoms with Gasteiger partial charge in [-0.05, 0) is 52.6 Å². The Morgan fingerprint density at radius 1 is 0.848 bits per heavy atom. The van der Waals surface area contributed by atoms with Crippen molar-refractivity contribution in [3.05, 3.63) is 119 Å². The smallest absolute Gasteiger partial charge is 0.336 e. The van der Waals surface area contributed by atoms with Crippen LogP contribution in [-0.4, -0.2) is 5.97 Å². The third-order valence-electron chi connectivity index (χ3n) is 5.63. The lowest BCUT2D eigenvalue weighted by atomic mass is 10.0. The predicted molar refractivity (Wildman–Crippen MR) is 131 cm³/mol. The molecule has 4 heteroatoms. The quantitative estimate of drug-likeness (QED) is 0.140. The Morgan fingerprint density at radius 3 is 2.45 bits per heavy atom. The molecule has 1 aromatic heterocycles. The van der Waals surface area contributed by atoms with Crippen molar-refractivity contribution in [3.8, 4) is 16.9 Å². The molecule has 0 amide bonds. The highest BCUT2D eigenvalue weighted by molar-refractivity contribution is 5.98. The zero-order valence-corrected chi connectivity index (χ0v) is 17.9. The average molecular weight is 432 g/mol. The van der Waals surface area contributed by atoms with E-state index in [0.29, 0.717) is 16.9 Å². The minimum atomic E-state index is -0.507. The summed E-state index contributed by atoms with van der Waals surface area (Å²) in [7, 11) is 0. The summed E-state index contributed by atoms with van der Waals surface area (Å²) in [5, 5.41) is 2.94. The van der Waals surface area contributed by atoms with Crippen LogP contribution in [-0.2, 0) is 4.79 Å². The average Bonchev–Trinajstić information content (AvgIpc) is 2.85. The normalized spacial score (nSPS) is 11.3. The Hall–Kier alpha value is -4.44. The molecule has 0 saturated heterocycles. The number of carbonyl (C=O) groups excluding carboxylic acids is 1. The molecule has 0 atom stereocenters. The number of hydrogen-bond acceptors (Lipinski definition) is 4. The molecule has 0 fully saturated rings. The van der Waals surface area contributed by atoms with Crippen molar-refractivity contribution in [2.45, 2.75) is 6.92 Å². The fraction of sp³-hybridized carbons (Fsp3) is 0.0345. The summed E-state index contributed by atoms with van der Waals surface area (Å²) in [5.74, 6) is -0.157. The van der Waals surface area contributed by atoms with Crippen LogP contribution in [0.1, 0.15) is 11.1 Å². The van der Waals surface area contributed by atoms with Crippen molar-refractivity contribution >= 4 is 33.8 Å². The second kappa shape index (κ2) is 8.60. The first kappa shape index (κ1) is 20.5. The van der Waals surface area contributed by atoms with E-state index in [-0.39, 0.29) is 0 Å². The van der Waals surface area contributed by atoms with Crippen LogP contribution in [0.4, 0.5) is 0 Å². The molecule has 0 radical (unpaired) electrons. The summed E-state index contributed by atoms with van der Waals surface area (Å²) in [6, 6.07) is 28.6. The molecule has 0 saturated carbocycles. The van der Waals surface area contributed by atoms with Crippen LogP contribution in [0.15, 0.2) is 106 Å². The molecule has 160 valence electrons. The van der Waals surface area contributed by atoms with Gasteiger partial charge in [0.2, 0.25) is 0 Å². The van der Waals surface area contributed by atoms with Gasteiger partial charge in [0.05, 0.1) is 0 Å². The molecule has 33 heavy (non-hydrogen) atoms. The molecule has 0 aliphatic carbocycles. The molecular formula is C29H20O4. The van der Waals surface area contributed by atoms with Gasteiger partial charge >= 0.3 is 11.6 Å². The number of ether oxygens (including phenoxy) is 1. The number of benzene rings is 4. The van der Waals surface area contributed by atoms with Crippen LogP contribution >= 0.6 is 0 Å². The molecule has 0 spiro atoms. The SMILES string of the molecule is Cc1c(OC(=O)C=Cc2cccc3ccccc23)ccc2c(-c3ccccc3)cc(=O)oc12. The van der Waals surface area contributed by atoms with Gasteiger partial charge in [0.1, 0.15) is 11.3 Å². The largest absolute Gasteiger partial charge is 0.423 e. The van der Waals surface area contributed by atoms with Crippen molar-refractivity contribution in [3.63, 3.8) is 0 Å². The van der Waals surface area contributed by atoms with Gasteiger partial charge in [0.15, 0.2) is 0 Å². The van der Waals surface area contributed by atoms with Gasteiger partial charge in [-0.25, -0.2) is 9.59 Å². The number of esters is 1. The highest BCUT2D eigenvalue weighted by Crippen LogP contribution is 2.33. The van der Waals surface area contributed by atoms with Crippen LogP contribution in [0.25, 0.3) is 38.9 Å². The molecule has 1 heterocycles. The maximum absolute atomic E-state index is 12.6. The molecule has 0 bridgehead atoms. The van der Waals surface area contributed by atoms with Crippen LogP contribution < -0.4 is 10.4 Å². The van der Waals surface area contributed by atoms with Gasteiger partial charge in [0.25, 0.3) is 0 Å². The highest BCUT2D eigenvalue weighted by atomic mass is 16.5. The summed E-state index contributed by atoms with van der Waals surface area (Å²) >= 11 is 0. The second-order valence-corrected chi connectivity index (χ2v) is 7.73. The van der Waals surface area contributed by atoms with Gasteiger partial charge in [-0.2, -0.15) is 0 Å². The Kier molecular flexibility index (Phi) is 5.33. The lowest BCUT2D eigenvalue weighted by molar-refractivity contribution is -0.128. The van der Waals surface area contributed by atoms with Crippen molar-refractivity contribution in [1.29, 1.82) is 0 Å². The number of carbonyl (C=O) groups is 1. The minimum Gasteiger partial charge on any atom is -0.423 e. The molecule has 0 N–H and O–H groups in total. The number of rotatable bonds is 4. The summed E-state index contributed by atoms with van der Waals surface area (Å²) in [6.45, 7) is 1.77. The van der Waals surface area contributed by atoms with E-state index in [2.05, 4.69) is 0 Å². The maximum atomic E-state index is 12.6. The molecule has 4 aromatic carbocycles. The third kappa shape index (κ3) is 4.06. The Labute approximate surface area is 190 Å². The first-order valence-electron chi connectivity index (χ1n) is 10.6. The predicted octanol–water partition coefficient (Wildman–Crippen LogP) is 6.54. The van der Waals surface area contributed by atoms with E-state index in [1.807, 2.05) is 78.9 Å². The van der Waals surface area contributed by atoms with E-state index in [1.165, 1.54) is 12.1 Å². The maximum Gasteiger partial charge on any atom is 0.336 e. The van der Waals surface area contributed by atoms with E-state index in [1.54, 1.807) is 19.1 Å². The Bertz CT molecular complexity index is 1570. The standard InChI is InChI=1S/C29H20O4/c1-19-26(32-27(30)17-14-22-12-7-11-20-10-5-6-13-23(20)22)16-15-24-25(18-28(31)33-29(19)24)21-8-3-2-4-9-21/h2-18H,1H3. The second-order valence-electron chi connectivity index (χ2n) is 7.73. The molecule has 0 aliphatic heterocycles. The molecule has 4 nitrogen and oxygen atoms in total. The summed E-state index contributed by atoms with van der Waals surface area (Å²) < 4.78 is 11.1. The van der Waals surface area contributed by atoms with E-state index >= 15 is 0 Å². The zero-order valence-electron chi connectivity index (χ0n) is 17.9. The van der Waals surface area contributed by atoms with E-state index < -0.39 is 11.6 Å². The van der Waals surface area contributed by atoms with Crippen LogP contribution in [0.5, 0.6) is 5.75 Å². The fourth-order valence-electron chi connectivity index (χ4n) is 4.01. The molecule has 0 unspecified atom stereocenters. The van der Waals surface area contributed by atoms with E-state index in [4.69, 9.17) is 9.15 Å². The highest BCUT2D eigenvalue weighted by Gasteiger charge is 2.14. The molecule has 5 aromatic rings. The lowest BCUT2D eigenvalue weighted by Crippen LogP contribution is -2.06. The summed E-state index contributed by atoms with van der Waals surface area (Å²) in [4.78, 5) is 24.8. The van der Waals surface area contributed by atoms with E-state index in [0.717, 1.165) is 32.8 Å². The molecular weight excluding hydrogens is 412 g/mol. The van der Waals surface area contributed by atoms with Gasteiger partial charge in [-0.1, -0.05) is 72.8 Å². The van der Waals surface area contributed by atoms with Crippen LogP contribution in [0.2, 0.25) is 0 Å². The first-order valence-corrected chi connectivity index (χ1v) is 10.6. The number of aryl methyl sites for hydroxylation is 1. The van der Waals surface area contributed by atoms with Crippen LogP contribution in [0.3, 0.4) is 0 Å². The van der Waals surface area contributed by atoms with Gasteiger partial charge in [-0.15, -0.1) is 0 Å². The molecule has 0 aliphatic rings. The lowest BCUT2D eigenvalue weighted by Gasteiger charge is -2.11. The molecule has 5 rings (SSSR count). The van der Waals surface area contributed by atoms with Crippen LogP contribution in [0, 0.1) is 6.92 Å². The Balaban J connectivity index is 1.47. The van der Waals surface area contributed by atoms with Gasteiger partial charge in [-0.3, -0.25) is 0 Å². The van der Waals surface area contributed by atoms with Gasteiger partial charge in [0, 0.05) is 23.1 Å². The van der Waals surface area contributed by atoms with Crippen molar-refractivity contribution in [2.24, 2.45) is 0 Å². The van der Waals surface area contributed by atoms with Crippen molar-refractivity contribution in [2.75, 3.05) is 0 Å². The number of hydrogen-bond donors (Lipinski definition) is 0. The van der Waals surface area contributed by atoms with Gasteiger partial charge < -0.3 is 9.15 Å². The monoisotopic (exact) mass is 432 g/mol. The Morgan fingerprint density at radius 2 is 1.61 bits per heavy atom. The van der Waals surface area contributed by atoms with Crippen molar-refractivity contribution in [1.82, 2.24) is 0 Å². The zero-order chi connectivity index (χ0) is 22.8. The van der Waals surface area contributed by atoms with Crippen molar-refractivity contribution < 1.29 is 13.9 Å². The summed E-state index contributed by atoms with van der Waals surface area (Å²) in [6.07, 6.45) is 3.15. The topological polar surface area (TPSA) is 56.5 Å². The van der Waals surface area contributed by atoms with E-state index in [9.17, 15) is 9.59 Å². The number of fused-ring (bicyclic) bond motifs is 2. The fourth-order valence-corrected chi connectivity index (χ4v) is 4.01. The first-order chi connectivity index (χ1) is 16.1.